The zero-order valence-electron chi connectivity index (χ0n) is 24.4. The van der Waals surface area contributed by atoms with E-state index in [1.54, 1.807) is 37.3 Å². The van der Waals surface area contributed by atoms with Crippen molar-refractivity contribution in [2.45, 2.75) is 66.0 Å². The average Bonchev–Trinajstić information content (AvgIpc) is 3.30. The maximum atomic E-state index is 14.1. The van der Waals surface area contributed by atoms with Crippen molar-refractivity contribution in [1.29, 1.82) is 0 Å². The monoisotopic (exact) mass is 550 g/mol. The highest BCUT2D eigenvalue weighted by Gasteiger charge is 2.37. The van der Waals surface area contributed by atoms with Crippen molar-refractivity contribution in [3.05, 3.63) is 64.9 Å². The van der Waals surface area contributed by atoms with E-state index >= 15 is 0 Å². The standard InChI is InChI=1S/C30H38N4O6/c1-18-11-9-13-22(20(18)3)34(26(36)16-15-25(35)31-24-17-19(2)40-33-24)27(29(37)32-30(4,5)6)21-12-10-14-23(38-7)28(21)39-8/h9-14,17,27H,15-16H2,1-8H3,(H,32,37)(H,31,33,35)/t27-/m1/s1. The number of carbonyl (C=O) groups is 3. The predicted octanol–water partition coefficient (Wildman–Crippen LogP) is 5.02. The van der Waals surface area contributed by atoms with Gasteiger partial charge in [-0.1, -0.05) is 29.4 Å². The molecule has 0 aliphatic rings. The Labute approximate surface area is 235 Å². The van der Waals surface area contributed by atoms with Gasteiger partial charge in [0.2, 0.25) is 17.7 Å². The molecule has 0 saturated carbocycles. The van der Waals surface area contributed by atoms with Crippen LogP contribution in [-0.2, 0) is 14.4 Å². The van der Waals surface area contributed by atoms with Crippen molar-refractivity contribution in [2.75, 3.05) is 24.4 Å². The summed E-state index contributed by atoms with van der Waals surface area (Å²) in [5, 5.41) is 9.42. The summed E-state index contributed by atoms with van der Waals surface area (Å²) >= 11 is 0. The molecule has 1 heterocycles. The first-order valence-electron chi connectivity index (χ1n) is 13.0. The molecule has 3 aromatic rings. The Hall–Kier alpha value is -4.34. The normalized spacial score (nSPS) is 11.9. The number of hydrogen-bond acceptors (Lipinski definition) is 7. The zero-order chi connectivity index (χ0) is 29.6. The van der Waals surface area contributed by atoms with Gasteiger partial charge in [-0.3, -0.25) is 19.3 Å². The number of anilines is 2. The Morgan fingerprint density at radius 2 is 1.70 bits per heavy atom. The lowest BCUT2D eigenvalue weighted by molar-refractivity contribution is -0.128. The number of para-hydroxylation sites is 1. The average molecular weight is 551 g/mol. The number of hydrogen-bond donors (Lipinski definition) is 2. The summed E-state index contributed by atoms with van der Waals surface area (Å²) < 4.78 is 16.2. The SMILES string of the molecule is COc1cccc([C@H](C(=O)NC(C)(C)C)N(C(=O)CCC(=O)Nc2cc(C)on2)c2cccc(C)c2C)c1OC. The molecular weight excluding hydrogens is 512 g/mol. The highest BCUT2D eigenvalue weighted by Crippen LogP contribution is 2.40. The van der Waals surface area contributed by atoms with Gasteiger partial charge < -0.3 is 24.6 Å². The lowest BCUT2D eigenvalue weighted by Gasteiger charge is -2.35. The van der Waals surface area contributed by atoms with Crippen LogP contribution in [-0.4, -0.2) is 42.6 Å². The number of ether oxygens (including phenoxy) is 2. The van der Waals surface area contributed by atoms with Crippen molar-refractivity contribution in [1.82, 2.24) is 10.5 Å². The molecule has 0 spiro atoms. The number of rotatable bonds is 10. The summed E-state index contributed by atoms with van der Waals surface area (Å²) in [7, 11) is 2.99. The maximum absolute atomic E-state index is 14.1. The van der Waals surface area contributed by atoms with Gasteiger partial charge >= 0.3 is 0 Å². The van der Waals surface area contributed by atoms with Crippen LogP contribution < -0.4 is 25.0 Å². The van der Waals surface area contributed by atoms with Gasteiger partial charge in [0.25, 0.3) is 0 Å². The van der Waals surface area contributed by atoms with Gasteiger partial charge in [0.05, 0.1) is 14.2 Å². The van der Waals surface area contributed by atoms with Gasteiger partial charge in [-0.25, -0.2) is 0 Å². The van der Waals surface area contributed by atoms with E-state index in [1.165, 1.54) is 19.1 Å². The molecule has 3 amide bonds. The highest BCUT2D eigenvalue weighted by molar-refractivity contribution is 6.04. The van der Waals surface area contributed by atoms with Gasteiger partial charge in [0.1, 0.15) is 11.8 Å². The number of methoxy groups -OCH3 is 2. The molecule has 0 unspecified atom stereocenters. The van der Waals surface area contributed by atoms with Gasteiger partial charge in [-0.2, -0.15) is 0 Å². The molecule has 2 aromatic carbocycles. The van der Waals surface area contributed by atoms with Crippen molar-refractivity contribution in [3.8, 4) is 11.5 Å². The van der Waals surface area contributed by atoms with Gasteiger partial charge in [0, 0.05) is 35.7 Å². The first kappa shape index (κ1) is 30.2. The number of nitrogens with one attached hydrogen (secondary N) is 2. The minimum Gasteiger partial charge on any atom is -0.493 e. The third-order valence-corrected chi connectivity index (χ3v) is 6.30. The van der Waals surface area contributed by atoms with Crippen molar-refractivity contribution in [3.63, 3.8) is 0 Å². The molecule has 214 valence electrons. The second kappa shape index (κ2) is 12.7. The molecule has 3 rings (SSSR count). The maximum Gasteiger partial charge on any atom is 0.248 e. The molecule has 1 aromatic heterocycles. The van der Waals surface area contributed by atoms with Gasteiger partial charge in [0.15, 0.2) is 17.3 Å². The van der Waals surface area contributed by atoms with Crippen molar-refractivity contribution in [2.24, 2.45) is 0 Å². The molecule has 0 aliphatic carbocycles. The molecule has 0 bridgehead atoms. The van der Waals surface area contributed by atoms with Crippen molar-refractivity contribution >= 4 is 29.2 Å². The Morgan fingerprint density at radius 3 is 2.30 bits per heavy atom. The third kappa shape index (κ3) is 7.19. The van der Waals surface area contributed by atoms with Crippen LogP contribution in [0.5, 0.6) is 11.5 Å². The van der Waals surface area contributed by atoms with E-state index in [-0.39, 0.29) is 18.7 Å². The number of aromatic nitrogens is 1. The molecule has 0 fully saturated rings. The van der Waals surface area contributed by atoms with E-state index in [4.69, 9.17) is 14.0 Å². The Bertz CT molecular complexity index is 1370. The van der Waals surface area contributed by atoms with Crippen LogP contribution in [0.4, 0.5) is 11.5 Å². The Balaban J connectivity index is 2.11. The summed E-state index contributed by atoms with van der Waals surface area (Å²) in [5.41, 5.74) is 2.18. The lowest BCUT2D eigenvalue weighted by Crippen LogP contribution is -2.50. The summed E-state index contributed by atoms with van der Waals surface area (Å²) in [4.78, 5) is 42.2. The first-order valence-corrected chi connectivity index (χ1v) is 13.0. The smallest absolute Gasteiger partial charge is 0.248 e. The van der Waals surface area contributed by atoms with Gasteiger partial charge in [-0.15, -0.1) is 0 Å². The summed E-state index contributed by atoms with van der Waals surface area (Å²) in [6.07, 6.45) is -0.295. The number of benzene rings is 2. The molecule has 10 heteroatoms. The molecule has 10 nitrogen and oxygen atoms in total. The predicted molar refractivity (Wildman–Crippen MR) is 153 cm³/mol. The largest absolute Gasteiger partial charge is 0.493 e. The second-order valence-corrected chi connectivity index (χ2v) is 10.6. The molecule has 40 heavy (non-hydrogen) atoms. The van der Waals surface area contributed by atoms with Gasteiger partial charge in [-0.05, 0) is 64.8 Å². The van der Waals surface area contributed by atoms with Crippen LogP contribution in [0, 0.1) is 20.8 Å². The fourth-order valence-electron chi connectivity index (χ4n) is 4.35. The quantitative estimate of drug-likeness (QED) is 0.363. The fourth-order valence-corrected chi connectivity index (χ4v) is 4.35. The second-order valence-electron chi connectivity index (χ2n) is 10.6. The highest BCUT2D eigenvalue weighted by atomic mass is 16.5. The number of nitrogens with zero attached hydrogens (tertiary/aromatic N) is 2. The molecule has 2 N–H and O–H groups in total. The zero-order valence-corrected chi connectivity index (χ0v) is 24.4. The number of aryl methyl sites for hydroxylation is 2. The van der Waals surface area contributed by atoms with E-state index in [1.807, 2.05) is 46.8 Å². The summed E-state index contributed by atoms with van der Waals surface area (Å²) in [5.74, 6) is 0.343. The van der Waals surface area contributed by atoms with E-state index in [9.17, 15) is 14.4 Å². The van der Waals surface area contributed by atoms with E-state index in [2.05, 4.69) is 15.8 Å². The number of amides is 3. The third-order valence-electron chi connectivity index (χ3n) is 6.30. The lowest BCUT2D eigenvalue weighted by atomic mass is 9.97. The molecule has 0 saturated heterocycles. The molecule has 0 radical (unpaired) electrons. The number of carbonyl (C=O) groups excluding carboxylic acids is 3. The molecule has 0 aliphatic heterocycles. The Kier molecular flexibility index (Phi) is 9.57. The van der Waals surface area contributed by atoms with Crippen LogP contribution in [0.1, 0.15) is 62.1 Å². The van der Waals surface area contributed by atoms with Crippen LogP contribution in [0.2, 0.25) is 0 Å². The van der Waals surface area contributed by atoms with Crippen LogP contribution in [0.3, 0.4) is 0 Å². The van der Waals surface area contributed by atoms with E-state index in [0.717, 1.165) is 11.1 Å². The molecule has 1 atom stereocenters. The van der Waals surface area contributed by atoms with E-state index < -0.39 is 29.3 Å². The first-order chi connectivity index (χ1) is 18.9. The van der Waals surface area contributed by atoms with Crippen LogP contribution >= 0.6 is 0 Å². The topological polar surface area (TPSA) is 123 Å². The van der Waals surface area contributed by atoms with E-state index in [0.29, 0.717) is 28.5 Å². The minimum atomic E-state index is -1.13. The van der Waals surface area contributed by atoms with Crippen molar-refractivity contribution < 1.29 is 28.4 Å². The van der Waals surface area contributed by atoms with Crippen LogP contribution in [0.25, 0.3) is 0 Å². The minimum absolute atomic E-state index is 0.130. The summed E-state index contributed by atoms with van der Waals surface area (Å²) in [6, 6.07) is 11.2. The molecular formula is C30H38N4O6. The van der Waals surface area contributed by atoms with Crippen LogP contribution in [0.15, 0.2) is 47.0 Å². The fraction of sp³-hybridized carbons (Fsp3) is 0.400. The summed E-state index contributed by atoms with van der Waals surface area (Å²) in [6.45, 7) is 11.1. The Morgan fingerprint density at radius 1 is 1.00 bits per heavy atom.